The fourth-order valence-electron chi connectivity index (χ4n) is 0.494. The van der Waals surface area contributed by atoms with Crippen molar-refractivity contribution in [2.45, 2.75) is 0 Å². The van der Waals surface area contributed by atoms with E-state index in [1.807, 2.05) is 0 Å². The van der Waals surface area contributed by atoms with Crippen LogP contribution in [-0.4, -0.2) is 47.9 Å². The van der Waals surface area contributed by atoms with Crippen LogP contribution < -0.4 is 0 Å². The van der Waals surface area contributed by atoms with Gasteiger partial charge in [0.25, 0.3) is 0 Å². The molecule has 0 aromatic carbocycles. The summed E-state index contributed by atoms with van der Waals surface area (Å²) in [6.45, 7) is 0. The molecule has 0 atom stereocenters. The summed E-state index contributed by atoms with van der Waals surface area (Å²) in [5.41, 5.74) is 0. The van der Waals surface area contributed by atoms with Crippen molar-refractivity contribution in [2.75, 3.05) is 0 Å². The minimum atomic E-state index is -5.17. The normalized spacial score (nSPS) is 8.84. The lowest BCUT2D eigenvalue weighted by Gasteiger charge is -2.06. The molecule has 2 aromatic heterocycles. The minimum Gasteiger partial charge on any atom is -0.759 e. The van der Waals surface area contributed by atoms with Crippen molar-refractivity contribution in [3.63, 3.8) is 0 Å². The van der Waals surface area contributed by atoms with Crippen LogP contribution in [-0.2, 0) is 10.4 Å². The number of aromatic nitrogens is 6. The maximum Gasteiger partial charge on any atom is 0.546 e. The molecule has 0 fully saturated rings. The van der Waals surface area contributed by atoms with E-state index < -0.39 is 10.4 Å². The summed E-state index contributed by atoms with van der Waals surface area (Å²) in [7, 11) is -5.17. The van der Waals surface area contributed by atoms with E-state index in [4.69, 9.17) is 28.3 Å². The Morgan fingerprint density at radius 2 is 1.32 bits per heavy atom. The van der Waals surface area contributed by atoms with Crippen molar-refractivity contribution in [3.8, 4) is 0 Å². The lowest BCUT2D eigenvalue weighted by molar-refractivity contribution is 0.352. The van der Waals surface area contributed by atoms with E-state index in [0.29, 0.717) is 0 Å². The summed E-state index contributed by atoms with van der Waals surface area (Å²) in [6.07, 6.45) is 2.52. The first-order chi connectivity index (χ1) is 8.86. The molecule has 0 spiro atoms. The van der Waals surface area contributed by atoms with Crippen LogP contribution in [0.4, 0.5) is 11.9 Å². The van der Waals surface area contributed by atoms with Gasteiger partial charge < -0.3 is 9.11 Å². The molecule has 15 heteroatoms. The van der Waals surface area contributed by atoms with E-state index >= 15 is 0 Å². The second-order valence-electron chi connectivity index (χ2n) is 2.23. The molecule has 0 unspecified atom stereocenters. The highest BCUT2D eigenvalue weighted by Gasteiger charge is 2.01. The van der Waals surface area contributed by atoms with Gasteiger partial charge in [-0.3, -0.25) is 8.42 Å². The number of aromatic amines is 2. The first kappa shape index (κ1) is 16.0. The van der Waals surface area contributed by atoms with E-state index in [-0.39, 0.29) is 11.9 Å². The molecule has 0 amide bonds. The van der Waals surface area contributed by atoms with Crippen LogP contribution in [0.1, 0.15) is 0 Å². The SMILES string of the molecule is N#[N+]c1ncn[nH]1.N#[N+]c1ncn[nH]1.O=S(=O)([O-])[O-]. The van der Waals surface area contributed by atoms with Crippen LogP contribution in [0.3, 0.4) is 0 Å². The van der Waals surface area contributed by atoms with E-state index in [9.17, 15) is 0 Å². The van der Waals surface area contributed by atoms with Crippen molar-refractivity contribution >= 4 is 22.3 Å². The van der Waals surface area contributed by atoms with Crippen molar-refractivity contribution in [1.82, 2.24) is 30.4 Å². The van der Waals surface area contributed by atoms with Crippen molar-refractivity contribution in [1.29, 1.82) is 10.8 Å². The van der Waals surface area contributed by atoms with Crippen LogP contribution in [0.25, 0.3) is 9.95 Å². The predicted molar refractivity (Wildman–Crippen MR) is 52.7 cm³/mol. The molecular weight excluding hydrogens is 284 g/mol. The second kappa shape index (κ2) is 8.14. The van der Waals surface area contributed by atoms with Gasteiger partial charge in [-0.2, -0.15) is 0 Å². The number of rotatable bonds is 0. The van der Waals surface area contributed by atoms with E-state index in [2.05, 4.69) is 40.3 Å². The maximum absolute atomic E-state index is 8.52. The van der Waals surface area contributed by atoms with Gasteiger partial charge in [-0.15, -0.1) is 10.2 Å². The van der Waals surface area contributed by atoms with E-state index in [1.165, 1.54) is 12.7 Å². The summed E-state index contributed by atoms with van der Waals surface area (Å²) >= 11 is 0. The van der Waals surface area contributed by atoms with Crippen LogP contribution in [0.5, 0.6) is 0 Å². The Hall–Kier alpha value is -3.01. The third kappa shape index (κ3) is 11.3. The van der Waals surface area contributed by atoms with Crippen molar-refractivity contribution in [3.05, 3.63) is 22.6 Å². The fraction of sp³-hybridized carbons (Fsp3) is 0. The Labute approximate surface area is 104 Å². The van der Waals surface area contributed by atoms with Gasteiger partial charge in [-0.1, -0.05) is 10.2 Å². The standard InChI is InChI=1S/2C2H2N5.H2O4S/c2*3-6-2-4-1-5-7-2;1-5(2,3)4/h2*1H,(H,4,5,7);(H2,1,2,3,4)/q2*+1;/p-2. The summed E-state index contributed by atoms with van der Waals surface area (Å²) in [5, 5.41) is 27.3. The van der Waals surface area contributed by atoms with Gasteiger partial charge in [0.05, 0.1) is 10.8 Å². The molecule has 2 N–H and O–H groups in total. The highest BCUT2D eigenvalue weighted by atomic mass is 32.3. The van der Waals surface area contributed by atoms with Crippen molar-refractivity contribution < 1.29 is 17.5 Å². The van der Waals surface area contributed by atoms with Gasteiger partial charge in [0.15, 0.2) is 0 Å². The van der Waals surface area contributed by atoms with E-state index in [1.54, 1.807) is 0 Å². The molecule has 0 bridgehead atoms. The largest absolute Gasteiger partial charge is 0.759 e. The first-order valence-corrected chi connectivity index (χ1v) is 5.27. The third-order valence-electron chi connectivity index (χ3n) is 0.994. The topological polar surface area (TPSA) is 220 Å². The van der Waals surface area contributed by atoms with Crippen LogP contribution in [0, 0.1) is 10.8 Å². The first-order valence-electron chi connectivity index (χ1n) is 3.94. The lowest BCUT2D eigenvalue weighted by atomic mass is 11.1. The highest BCUT2D eigenvalue weighted by Crippen LogP contribution is 1.94. The smallest absolute Gasteiger partial charge is 0.546 e. The highest BCUT2D eigenvalue weighted by molar-refractivity contribution is 7.79. The Bertz CT molecular complexity index is 581. The number of nitrogens with one attached hydrogen (secondary N) is 2. The lowest BCUT2D eigenvalue weighted by Crippen LogP contribution is -1.91. The predicted octanol–water partition coefficient (Wildman–Crippen LogP) is -0.759. The zero-order valence-corrected chi connectivity index (χ0v) is 9.59. The molecule has 2 heterocycles. The second-order valence-corrected chi connectivity index (χ2v) is 3.04. The van der Waals surface area contributed by atoms with Gasteiger partial charge in [0, 0.05) is 10.4 Å². The molecule has 0 aliphatic rings. The molecule has 0 aliphatic carbocycles. The molecule has 14 nitrogen and oxygen atoms in total. The molecule has 2 aromatic rings. The molecule has 19 heavy (non-hydrogen) atoms. The number of nitrogens with zero attached hydrogens (tertiary/aromatic N) is 8. The molecule has 0 saturated carbocycles. The minimum absolute atomic E-state index is 0.125. The summed E-state index contributed by atoms with van der Waals surface area (Å²) in [6, 6.07) is 0. The third-order valence-corrected chi connectivity index (χ3v) is 0.994. The summed E-state index contributed by atoms with van der Waals surface area (Å²) in [4.78, 5) is 12.3. The zero-order valence-electron chi connectivity index (χ0n) is 8.77. The zero-order chi connectivity index (χ0) is 14.7. The molecule has 0 saturated heterocycles. The average Bonchev–Trinajstić information content (AvgIpc) is 3.01. The Morgan fingerprint density at radius 1 is 1.00 bits per heavy atom. The van der Waals surface area contributed by atoms with Crippen LogP contribution >= 0.6 is 0 Å². The molecule has 2 rings (SSSR count). The quantitative estimate of drug-likeness (QED) is 0.350. The molecule has 100 valence electrons. The average molecular weight is 288 g/mol. The number of H-pyrrole nitrogens is 2. The Balaban J connectivity index is 0.000000261. The molecule has 0 radical (unpaired) electrons. The summed E-state index contributed by atoms with van der Waals surface area (Å²) < 4.78 is 34.1. The number of hydrogen-bond acceptors (Lipinski definition) is 10. The van der Waals surface area contributed by atoms with E-state index in [0.717, 1.165) is 0 Å². The fourth-order valence-corrected chi connectivity index (χ4v) is 0.494. The van der Waals surface area contributed by atoms with Gasteiger partial charge >= 0.3 is 11.9 Å². The Morgan fingerprint density at radius 3 is 1.42 bits per heavy atom. The number of hydrogen-bond donors (Lipinski definition) is 2. The Kier molecular flexibility index (Phi) is 6.85. The van der Waals surface area contributed by atoms with Gasteiger partial charge in [0.2, 0.25) is 12.7 Å². The molecular formula is C4H4N10O4S. The maximum atomic E-state index is 8.52. The van der Waals surface area contributed by atoms with Gasteiger partial charge in [0.1, 0.15) is 0 Å². The monoisotopic (exact) mass is 288 g/mol. The van der Waals surface area contributed by atoms with Gasteiger partial charge in [-0.05, 0) is 19.9 Å². The van der Waals surface area contributed by atoms with Crippen LogP contribution in [0.2, 0.25) is 0 Å². The van der Waals surface area contributed by atoms with Gasteiger partial charge in [-0.25, -0.2) is 0 Å². The van der Waals surface area contributed by atoms with Crippen LogP contribution in [0.15, 0.2) is 12.7 Å². The van der Waals surface area contributed by atoms with Crippen molar-refractivity contribution in [2.24, 2.45) is 0 Å². The molecule has 0 aliphatic heterocycles. The number of diazo groups is 2. The summed E-state index contributed by atoms with van der Waals surface area (Å²) in [5.74, 6) is 0.250.